The van der Waals surface area contributed by atoms with E-state index < -0.39 is 0 Å². The topological polar surface area (TPSA) is 41.1 Å². The first-order valence-corrected chi connectivity index (χ1v) is 4.91. The van der Waals surface area contributed by atoms with Crippen LogP contribution < -0.4 is 5.49 Å². The van der Waals surface area contributed by atoms with Crippen molar-refractivity contribution in [3.8, 4) is 6.07 Å². The summed E-state index contributed by atoms with van der Waals surface area (Å²) in [7, 11) is 1.66. The summed E-state index contributed by atoms with van der Waals surface area (Å²) in [5.74, 6) is 0. The lowest BCUT2D eigenvalue weighted by atomic mass is 10.3. The molecule has 15 heavy (non-hydrogen) atoms. The van der Waals surface area contributed by atoms with Crippen molar-refractivity contribution < 1.29 is 0 Å². The van der Waals surface area contributed by atoms with Crippen LogP contribution in [0.3, 0.4) is 0 Å². The Morgan fingerprint density at radius 3 is 2.53 bits per heavy atom. The van der Waals surface area contributed by atoms with E-state index in [1.54, 1.807) is 17.7 Å². The molecule has 0 fully saturated rings. The molecule has 0 aromatic carbocycles. The van der Waals surface area contributed by atoms with Crippen LogP contribution >= 0.6 is 0 Å². The molecule has 0 atom stereocenters. The van der Waals surface area contributed by atoms with Crippen LogP contribution in [0.1, 0.15) is 26.3 Å². The first kappa shape index (κ1) is 13.2. The minimum absolute atomic E-state index is 0.563. The van der Waals surface area contributed by atoms with Crippen molar-refractivity contribution in [1.82, 2.24) is 4.57 Å². The fraction of sp³-hybridized carbons (Fsp3) is 0.333. The second kappa shape index (κ2) is 6.61. The quantitative estimate of drug-likeness (QED) is 0.691. The summed E-state index contributed by atoms with van der Waals surface area (Å²) in [5, 5.41) is 8.80. The molecule has 1 aromatic rings. The highest BCUT2D eigenvalue weighted by Crippen LogP contribution is 1.96. The minimum Gasteiger partial charge on any atom is -0.306 e. The number of nitriles is 1. The molecule has 1 heterocycles. The van der Waals surface area contributed by atoms with E-state index in [2.05, 4.69) is 17.6 Å². The highest BCUT2D eigenvalue weighted by atomic mass is 15.0. The lowest BCUT2D eigenvalue weighted by Gasteiger charge is -2.05. The van der Waals surface area contributed by atoms with E-state index in [0.29, 0.717) is 11.1 Å². The second-order valence-corrected chi connectivity index (χ2v) is 2.69. The van der Waals surface area contributed by atoms with Crippen molar-refractivity contribution in [3.63, 3.8) is 0 Å². The monoisotopic (exact) mass is 203 g/mol. The van der Waals surface area contributed by atoms with E-state index in [-0.39, 0.29) is 0 Å². The lowest BCUT2D eigenvalue weighted by Crippen LogP contribution is -2.21. The normalized spacial score (nSPS) is 9.93. The van der Waals surface area contributed by atoms with Gasteiger partial charge in [-0.2, -0.15) is 5.26 Å². The van der Waals surface area contributed by atoms with Crippen LogP contribution in [0.5, 0.6) is 0 Å². The maximum atomic E-state index is 8.80. The van der Waals surface area contributed by atoms with Gasteiger partial charge in [-0.1, -0.05) is 20.4 Å². The predicted molar refractivity (Wildman–Crippen MR) is 63.0 cm³/mol. The van der Waals surface area contributed by atoms with Gasteiger partial charge in [0.25, 0.3) is 0 Å². The maximum absolute atomic E-state index is 8.80. The highest BCUT2D eigenvalue weighted by Gasteiger charge is 1.98. The molecule has 80 valence electrons. The molecule has 0 aliphatic heterocycles. The molecule has 0 aliphatic carbocycles. The third kappa shape index (κ3) is 3.10. The fourth-order valence-corrected chi connectivity index (χ4v) is 1.12. The van der Waals surface area contributed by atoms with Gasteiger partial charge in [-0.25, -0.2) is 0 Å². The van der Waals surface area contributed by atoms with Gasteiger partial charge in [-0.3, -0.25) is 4.99 Å². The zero-order valence-electron chi connectivity index (χ0n) is 9.78. The van der Waals surface area contributed by atoms with Gasteiger partial charge in [0, 0.05) is 18.9 Å². The molecule has 0 amide bonds. The maximum Gasteiger partial charge on any atom is 0.149 e. The first-order valence-electron chi connectivity index (χ1n) is 4.91. The Morgan fingerprint density at radius 1 is 1.53 bits per heavy atom. The van der Waals surface area contributed by atoms with Gasteiger partial charge in [0.1, 0.15) is 11.6 Å². The summed E-state index contributed by atoms with van der Waals surface area (Å²) in [5.41, 5.74) is 2.06. The summed E-state index contributed by atoms with van der Waals surface area (Å²) in [4.78, 5) is 4.04. The van der Waals surface area contributed by atoms with Crippen molar-refractivity contribution in [2.45, 2.75) is 20.8 Å². The first-order chi connectivity index (χ1) is 7.20. The van der Waals surface area contributed by atoms with Gasteiger partial charge in [0.05, 0.1) is 5.56 Å². The molecular weight excluding hydrogens is 186 g/mol. The molecule has 3 nitrogen and oxygen atoms in total. The molecule has 1 aromatic heterocycles. The molecule has 0 bridgehead atoms. The molecule has 3 heteroatoms. The second-order valence-electron chi connectivity index (χ2n) is 2.69. The summed E-state index contributed by atoms with van der Waals surface area (Å²) in [6.07, 6.45) is 1.84. The molecule has 0 unspecified atom stereocenters. The Bertz CT molecular complexity index is 433. The van der Waals surface area contributed by atoms with Gasteiger partial charge in [0.15, 0.2) is 0 Å². The molecule has 0 radical (unpaired) electrons. The van der Waals surface area contributed by atoms with Crippen molar-refractivity contribution in [2.24, 2.45) is 4.99 Å². The third-order valence-electron chi connectivity index (χ3n) is 1.71. The Morgan fingerprint density at radius 2 is 2.13 bits per heavy atom. The lowest BCUT2D eigenvalue weighted by molar-refractivity contribution is 0.947. The van der Waals surface area contributed by atoms with Crippen molar-refractivity contribution in [2.75, 3.05) is 7.05 Å². The van der Waals surface area contributed by atoms with Crippen LogP contribution in [-0.4, -0.2) is 11.6 Å². The van der Waals surface area contributed by atoms with Crippen molar-refractivity contribution in [1.29, 1.82) is 5.26 Å². The number of pyridine rings is 1. The minimum atomic E-state index is 0.563. The SMILES string of the molecule is C=C(C)n1cccc(C#N)c1=NC.CC. The predicted octanol–water partition coefficient (Wildman–Crippen LogP) is 2.41. The van der Waals surface area contributed by atoms with Gasteiger partial charge >= 0.3 is 0 Å². The van der Waals surface area contributed by atoms with Crippen LogP contribution in [0, 0.1) is 11.3 Å². The van der Waals surface area contributed by atoms with Gasteiger partial charge < -0.3 is 4.57 Å². The largest absolute Gasteiger partial charge is 0.306 e. The highest BCUT2D eigenvalue weighted by molar-refractivity contribution is 5.40. The van der Waals surface area contributed by atoms with Crippen molar-refractivity contribution >= 4 is 5.70 Å². The number of nitrogens with zero attached hydrogens (tertiary/aromatic N) is 3. The Balaban J connectivity index is 0.000000921. The van der Waals surface area contributed by atoms with Crippen LogP contribution in [0.2, 0.25) is 0 Å². The Labute approximate surface area is 91.0 Å². The molecular formula is C12H17N3. The zero-order chi connectivity index (χ0) is 11.8. The third-order valence-corrected chi connectivity index (χ3v) is 1.71. The van der Waals surface area contributed by atoms with Crippen LogP contribution in [-0.2, 0) is 0 Å². The Kier molecular flexibility index (Phi) is 5.81. The molecule has 0 aliphatic rings. The summed E-state index contributed by atoms with van der Waals surface area (Å²) >= 11 is 0. The Hall–Kier alpha value is -1.82. The van der Waals surface area contributed by atoms with E-state index >= 15 is 0 Å². The van der Waals surface area contributed by atoms with E-state index in [1.807, 2.05) is 33.0 Å². The smallest absolute Gasteiger partial charge is 0.149 e. The van der Waals surface area contributed by atoms with Crippen LogP contribution in [0.25, 0.3) is 5.70 Å². The van der Waals surface area contributed by atoms with E-state index in [4.69, 9.17) is 5.26 Å². The number of aromatic nitrogens is 1. The number of allylic oxidation sites excluding steroid dienone is 1. The summed E-state index contributed by atoms with van der Waals surface area (Å²) in [6.45, 7) is 9.67. The van der Waals surface area contributed by atoms with Crippen LogP contribution in [0.4, 0.5) is 0 Å². The average molecular weight is 203 g/mol. The van der Waals surface area contributed by atoms with Gasteiger partial charge in [0.2, 0.25) is 0 Å². The molecule has 1 rings (SSSR count). The number of hydrogen-bond donors (Lipinski definition) is 0. The number of hydrogen-bond acceptors (Lipinski definition) is 2. The standard InChI is InChI=1S/C10H11N3.C2H6/c1-8(2)13-6-4-5-9(7-11)10(13)12-3;1-2/h4-6H,1H2,2-3H3;1-2H3. The van der Waals surface area contributed by atoms with Gasteiger partial charge in [-0.05, 0) is 19.1 Å². The molecule has 0 spiro atoms. The molecule has 0 N–H and O–H groups in total. The van der Waals surface area contributed by atoms with Gasteiger partial charge in [-0.15, -0.1) is 0 Å². The molecule has 0 saturated heterocycles. The van der Waals surface area contributed by atoms with E-state index in [9.17, 15) is 0 Å². The zero-order valence-corrected chi connectivity index (χ0v) is 9.78. The summed E-state index contributed by atoms with van der Waals surface area (Å²) in [6, 6.07) is 5.63. The average Bonchev–Trinajstić information content (AvgIpc) is 2.30. The number of rotatable bonds is 1. The molecule has 0 saturated carbocycles. The van der Waals surface area contributed by atoms with E-state index in [1.165, 1.54) is 0 Å². The van der Waals surface area contributed by atoms with Crippen LogP contribution in [0.15, 0.2) is 29.9 Å². The fourth-order valence-electron chi connectivity index (χ4n) is 1.12. The van der Waals surface area contributed by atoms with E-state index in [0.717, 1.165) is 5.70 Å². The summed E-state index contributed by atoms with van der Waals surface area (Å²) < 4.78 is 1.79. The van der Waals surface area contributed by atoms with Crippen molar-refractivity contribution in [3.05, 3.63) is 36.0 Å².